The van der Waals surface area contributed by atoms with Crippen LogP contribution in [0.3, 0.4) is 0 Å². The van der Waals surface area contributed by atoms with Crippen LogP contribution in [0.5, 0.6) is 0 Å². The Balaban J connectivity index is 1.91. The van der Waals surface area contributed by atoms with Crippen molar-refractivity contribution in [3.05, 3.63) is 16.0 Å². The number of morpholine rings is 1. The average Bonchev–Trinajstić information content (AvgIpc) is 3.05. The Morgan fingerprint density at radius 3 is 2.75 bits per heavy atom. The number of rotatable bonds is 4. The number of carbonyl (C=O) groups excluding carboxylic acids is 1. The number of hydrogen-bond acceptors (Lipinski definition) is 8. The van der Waals surface area contributed by atoms with Gasteiger partial charge in [0.25, 0.3) is 0 Å². The summed E-state index contributed by atoms with van der Waals surface area (Å²) < 4.78 is 16.9. The number of anilines is 2. The van der Waals surface area contributed by atoms with Gasteiger partial charge in [0.1, 0.15) is 15.5 Å². The Morgan fingerprint density at radius 1 is 1.32 bits per heavy atom. The normalized spacial score (nSPS) is 22.3. The zero-order valence-corrected chi connectivity index (χ0v) is 17.5. The van der Waals surface area contributed by atoms with Gasteiger partial charge < -0.3 is 24.8 Å². The number of esters is 1. The molecule has 2 aromatic rings. The van der Waals surface area contributed by atoms with E-state index in [1.54, 1.807) is 6.92 Å². The van der Waals surface area contributed by atoms with Crippen molar-refractivity contribution in [2.24, 2.45) is 0 Å². The van der Waals surface area contributed by atoms with Crippen LogP contribution in [0.4, 0.5) is 11.5 Å². The second-order valence-electron chi connectivity index (χ2n) is 7.51. The minimum atomic E-state index is -0.380. The second-order valence-corrected chi connectivity index (χ2v) is 8.51. The van der Waals surface area contributed by atoms with Crippen molar-refractivity contribution < 1.29 is 19.0 Å². The van der Waals surface area contributed by atoms with Gasteiger partial charge in [-0.15, -0.1) is 11.3 Å². The molecule has 4 heterocycles. The number of nitrogens with two attached hydrogens (primary N) is 1. The molecule has 1 atom stereocenters. The minimum Gasteiger partial charge on any atom is -0.462 e. The van der Waals surface area contributed by atoms with Crippen LogP contribution in [-0.4, -0.2) is 49.5 Å². The Morgan fingerprint density at radius 2 is 2.07 bits per heavy atom. The molecule has 0 spiro atoms. The standard InChI is InChI=1S/C20H27N3O4S/c1-4-20(3)10-12-13(11-27-20)17(23-6-8-25-9-7-23)22-18-14(12)15(21)16(28-18)19(24)26-5-2/h4-11,21H2,1-3H3/t20-/m0/s1. The van der Waals surface area contributed by atoms with Gasteiger partial charge in [0.15, 0.2) is 0 Å². The number of carbonyl (C=O) groups is 1. The Hall–Kier alpha value is -1.90. The molecular weight excluding hydrogens is 378 g/mol. The number of aromatic nitrogens is 1. The maximum Gasteiger partial charge on any atom is 0.350 e. The van der Waals surface area contributed by atoms with Crippen LogP contribution in [0, 0.1) is 0 Å². The van der Waals surface area contributed by atoms with Crippen LogP contribution in [0.25, 0.3) is 10.2 Å². The van der Waals surface area contributed by atoms with E-state index in [4.69, 9.17) is 24.9 Å². The van der Waals surface area contributed by atoms with Crippen molar-refractivity contribution in [3.63, 3.8) is 0 Å². The predicted molar refractivity (Wildman–Crippen MR) is 110 cm³/mol. The van der Waals surface area contributed by atoms with E-state index in [1.165, 1.54) is 11.3 Å². The molecule has 1 saturated heterocycles. The van der Waals surface area contributed by atoms with Crippen molar-refractivity contribution in [2.75, 3.05) is 43.5 Å². The summed E-state index contributed by atoms with van der Waals surface area (Å²) in [6.07, 6.45) is 1.65. The van der Waals surface area contributed by atoms with Crippen molar-refractivity contribution in [2.45, 2.75) is 45.8 Å². The van der Waals surface area contributed by atoms with E-state index in [0.717, 1.165) is 53.1 Å². The monoisotopic (exact) mass is 405 g/mol. The highest BCUT2D eigenvalue weighted by molar-refractivity contribution is 7.21. The fourth-order valence-electron chi connectivity index (χ4n) is 3.88. The van der Waals surface area contributed by atoms with E-state index < -0.39 is 0 Å². The van der Waals surface area contributed by atoms with Gasteiger partial charge in [-0.05, 0) is 25.8 Å². The van der Waals surface area contributed by atoms with E-state index in [0.29, 0.717) is 37.0 Å². The Kier molecular flexibility index (Phi) is 5.20. The Labute approximate surface area is 168 Å². The molecule has 0 aliphatic carbocycles. The molecule has 2 aromatic heterocycles. The van der Waals surface area contributed by atoms with Crippen molar-refractivity contribution in [3.8, 4) is 0 Å². The lowest BCUT2D eigenvalue weighted by molar-refractivity contribution is -0.0558. The lowest BCUT2D eigenvalue weighted by atomic mass is 9.87. The number of nitrogen functional groups attached to an aromatic ring is 1. The molecule has 0 bridgehead atoms. The number of ether oxygens (including phenoxy) is 3. The van der Waals surface area contributed by atoms with Gasteiger partial charge in [-0.25, -0.2) is 9.78 Å². The molecule has 152 valence electrons. The first-order valence-corrected chi connectivity index (χ1v) is 10.7. The molecule has 0 unspecified atom stereocenters. The van der Waals surface area contributed by atoms with E-state index in [2.05, 4.69) is 18.7 Å². The summed E-state index contributed by atoms with van der Waals surface area (Å²) in [6, 6.07) is 0. The molecule has 8 heteroatoms. The summed E-state index contributed by atoms with van der Waals surface area (Å²) in [7, 11) is 0. The molecule has 2 N–H and O–H groups in total. The van der Waals surface area contributed by atoms with Crippen LogP contribution in [0.1, 0.15) is 48.0 Å². The maximum atomic E-state index is 12.4. The van der Waals surface area contributed by atoms with Gasteiger partial charge in [0.05, 0.1) is 37.7 Å². The average molecular weight is 406 g/mol. The largest absolute Gasteiger partial charge is 0.462 e. The van der Waals surface area contributed by atoms with Crippen LogP contribution in [0.15, 0.2) is 0 Å². The quantitative estimate of drug-likeness (QED) is 0.782. The van der Waals surface area contributed by atoms with Gasteiger partial charge in [-0.2, -0.15) is 0 Å². The molecule has 0 radical (unpaired) electrons. The summed E-state index contributed by atoms with van der Waals surface area (Å²) in [5.41, 5.74) is 8.92. The number of thiophene rings is 1. The SMILES string of the molecule is CCOC(=O)c1sc2nc(N3CCOCC3)c3c(c2c1N)C[C@](C)(CC)OC3. The highest BCUT2D eigenvalue weighted by atomic mass is 32.1. The first-order chi connectivity index (χ1) is 13.5. The summed E-state index contributed by atoms with van der Waals surface area (Å²) in [6.45, 7) is 9.83. The number of nitrogens with zero attached hydrogens (tertiary/aromatic N) is 2. The molecule has 0 saturated carbocycles. The van der Waals surface area contributed by atoms with Crippen LogP contribution in [-0.2, 0) is 27.2 Å². The van der Waals surface area contributed by atoms with Crippen LogP contribution in [0.2, 0.25) is 0 Å². The van der Waals surface area contributed by atoms with E-state index in [1.807, 2.05) is 0 Å². The van der Waals surface area contributed by atoms with Gasteiger partial charge in [0.2, 0.25) is 0 Å². The third kappa shape index (κ3) is 3.23. The van der Waals surface area contributed by atoms with E-state index in [-0.39, 0.29) is 11.6 Å². The predicted octanol–water partition coefficient (Wildman–Crippen LogP) is 3.13. The fraction of sp³-hybridized carbons (Fsp3) is 0.600. The highest BCUT2D eigenvalue weighted by Crippen LogP contribution is 2.44. The fourth-order valence-corrected chi connectivity index (χ4v) is 4.90. The smallest absolute Gasteiger partial charge is 0.350 e. The van der Waals surface area contributed by atoms with Gasteiger partial charge in [-0.1, -0.05) is 6.92 Å². The molecule has 0 amide bonds. The summed E-state index contributed by atoms with van der Waals surface area (Å²) >= 11 is 1.32. The number of fused-ring (bicyclic) bond motifs is 3. The first-order valence-electron chi connectivity index (χ1n) is 9.85. The summed E-state index contributed by atoms with van der Waals surface area (Å²) in [5, 5.41) is 0.892. The van der Waals surface area contributed by atoms with E-state index >= 15 is 0 Å². The molecule has 28 heavy (non-hydrogen) atoms. The Bertz CT molecular complexity index is 907. The molecule has 1 fully saturated rings. The lowest BCUT2D eigenvalue weighted by Gasteiger charge is -2.37. The summed E-state index contributed by atoms with van der Waals surface area (Å²) in [4.78, 5) is 20.8. The second kappa shape index (κ2) is 7.50. The van der Waals surface area contributed by atoms with Crippen molar-refractivity contribution >= 4 is 39.0 Å². The highest BCUT2D eigenvalue weighted by Gasteiger charge is 2.35. The van der Waals surface area contributed by atoms with Crippen molar-refractivity contribution in [1.29, 1.82) is 0 Å². The zero-order chi connectivity index (χ0) is 19.9. The van der Waals surface area contributed by atoms with Gasteiger partial charge >= 0.3 is 5.97 Å². The zero-order valence-electron chi connectivity index (χ0n) is 16.7. The van der Waals surface area contributed by atoms with Gasteiger partial charge in [0, 0.05) is 30.5 Å². The van der Waals surface area contributed by atoms with Crippen LogP contribution < -0.4 is 10.6 Å². The molecule has 7 nitrogen and oxygen atoms in total. The third-order valence-corrected chi connectivity index (χ3v) is 6.78. The topological polar surface area (TPSA) is 86.9 Å². The third-order valence-electron chi connectivity index (χ3n) is 5.71. The number of pyridine rings is 1. The number of hydrogen-bond donors (Lipinski definition) is 1. The molecule has 4 rings (SSSR count). The van der Waals surface area contributed by atoms with Crippen molar-refractivity contribution in [1.82, 2.24) is 4.98 Å². The molecule has 2 aliphatic rings. The first kappa shape index (κ1) is 19.4. The molecular formula is C20H27N3O4S. The lowest BCUT2D eigenvalue weighted by Crippen LogP contribution is -2.40. The minimum absolute atomic E-state index is 0.248. The van der Waals surface area contributed by atoms with Gasteiger partial charge in [-0.3, -0.25) is 0 Å². The van der Waals surface area contributed by atoms with Crippen LogP contribution >= 0.6 is 11.3 Å². The van der Waals surface area contributed by atoms with E-state index in [9.17, 15) is 4.79 Å². The maximum absolute atomic E-state index is 12.4. The molecule has 2 aliphatic heterocycles. The summed E-state index contributed by atoms with van der Waals surface area (Å²) in [5.74, 6) is 0.551. The molecule has 0 aromatic carbocycles.